The van der Waals surface area contributed by atoms with E-state index in [-0.39, 0.29) is 5.91 Å². The van der Waals surface area contributed by atoms with Gasteiger partial charge in [-0.05, 0) is 41.1 Å². The molecule has 5 aromatic rings. The van der Waals surface area contributed by atoms with E-state index < -0.39 is 0 Å². The number of benzene rings is 3. The van der Waals surface area contributed by atoms with Crippen molar-refractivity contribution >= 4 is 43.4 Å². The summed E-state index contributed by atoms with van der Waals surface area (Å²) in [4.78, 5) is 20.1. The van der Waals surface area contributed by atoms with E-state index >= 15 is 0 Å². The van der Waals surface area contributed by atoms with Gasteiger partial charge in [0.15, 0.2) is 5.13 Å². The van der Waals surface area contributed by atoms with E-state index in [0.717, 1.165) is 26.7 Å². The van der Waals surface area contributed by atoms with E-state index in [1.54, 1.807) is 18.3 Å². The molecule has 5 nitrogen and oxygen atoms in total. The molecule has 3 aromatic carbocycles. The first-order valence-electron chi connectivity index (χ1n) is 9.49. The normalized spacial score (nSPS) is 11.1. The highest BCUT2D eigenvalue weighted by Gasteiger charge is 2.24. The zero-order valence-corrected chi connectivity index (χ0v) is 17.1. The zero-order chi connectivity index (χ0) is 20.5. The number of ether oxygens (including phenoxy) is 1. The van der Waals surface area contributed by atoms with Crippen LogP contribution in [0.1, 0.15) is 16.1 Å². The maximum Gasteiger partial charge on any atom is 0.261 e. The van der Waals surface area contributed by atoms with Gasteiger partial charge in [-0.1, -0.05) is 47.7 Å². The summed E-state index contributed by atoms with van der Waals surface area (Å²) in [6, 6.07) is 23.1. The van der Waals surface area contributed by atoms with E-state index in [4.69, 9.17) is 14.1 Å². The fourth-order valence-electron chi connectivity index (χ4n) is 3.48. The molecule has 0 bridgehead atoms. The number of fused-ring (bicyclic) bond motifs is 2. The molecule has 0 atom stereocenters. The molecule has 0 fully saturated rings. The Morgan fingerprint density at radius 1 is 1.07 bits per heavy atom. The number of anilines is 1. The van der Waals surface area contributed by atoms with Gasteiger partial charge in [0.1, 0.15) is 11.5 Å². The Balaban J connectivity index is 1.62. The van der Waals surface area contributed by atoms with Gasteiger partial charge in [-0.2, -0.15) is 0 Å². The fraction of sp³-hybridized carbons (Fsp3) is 0.0833. The Morgan fingerprint density at radius 3 is 2.77 bits per heavy atom. The van der Waals surface area contributed by atoms with Gasteiger partial charge >= 0.3 is 0 Å². The van der Waals surface area contributed by atoms with Crippen LogP contribution in [0.25, 0.3) is 21.0 Å². The van der Waals surface area contributed by atoms with Crippen LogP contribution in [0.3, 0.4) is 0 Å². The Bertz CT molecular complexity index is 1340. The highest BCUT2D eigenvalue weighted by Crippen LogP contribution is 2.33. The largest absolute Gasteiger partial charge is 0.497 e. The van der Waals surface area contributed by atoms with Gasteiger partial charge in [0.2, 0.25) is 0 Å². The highest BCUT2D eigenvalue weighted by atomic mass is 32.1. The number of aromatic nitrogens is 1. The predicted octanol–water partition coefficient (Wildman–Crippen LogP) is 5.90. The van der Waals surface area contributed by atoms with Crippen LogP contribution in [-0.2, 0) is 6.54 Å². The quantitative estimate of drug-likeness (QED) is 0.359. The van der Waals surface area contributed by atoms with E-state index in [1.807, 2.05) is 72.8 Å². The van der Waals surface area contributed by atoms with Crippen molar-refractivity contribution < 1.29 is 13.9 Å². The third-order valence-corrected chi connectivity index (χ3v) is 6.03. The summed E-state index contributed by atoms with van der Waals surface area (Å²) in [5.74, 6) is 1.31. The standard InChI is InChI=1S/C24H18N2O3S/c1-28-17-11-12-22-21(14-17)25-24(30-22)26(15-18-8-5-13-29-18)23(27)20-10-4-7-16-6-2-3-9-19(16)20/h2-14H,15H2,1H3. The first-order valence-corrected chi connectivity index (χ1v) is 10.3. The number of hydrogen-bond acceptors (Lipinski definition) is 5. The van der Waals surface area contributed by atoms with Gasteiger partial charge in [-0.15, -0.1) is 0 Å². The molecule has 0 unspecified atom stereocenters. The van der Waals surface area contributed by atoms with Crippen molar-refractivity contribution in [1.29, 1.82) is 0 Å². The van der Waals surface area contributed by atoms with Crippen LogP contribution in [-0.4, -0.2) is 18.0 Å². The van der Waals surface area contributed by atoms with Crippen LogP contribution < -0.4 is 9.64 Å². The summed E-state index contributed by atoms with van der Waals surface area (Å²) in [6.45, 7) is 0.298. The van der Waals surface area contributed by atoms with Crippen molar-refractivity contribution in [2.24, 2.45) is 0 Å². The molecular formula is C24H18N2O3S. The molecule has 0 aliphatic heterocycles. The van der Waals surface area contributed by atoms with E-state index in [9.17, 15) is 4.79 Å². The van der Waals surface area contributed by atoms with Gasteiger partial charge in [0.25, 0.3) is 5.91 Å². The number of amides is 1. The van der Waals surface area contributed by atoms with Gasteiger partial charge in [0, 0.05) is 11.6 Å². The fourth-order valence-corrected chi connectivity index (χ4v) is 4.42. The highest BCUT2D eigenvalue weighted by molar-refractivity contribution is 7.22. The molecular weight excluding hydrogens is 396 g/mol. The van der Waals surface area contributed by atoms with Crippen molar-refractivity contribution in [3.8, 4) is 5.75 Å². The molecule has 0 saturated heterocycles. The topological polar surface area (TPSA) is 55.6 Å². The molecule has 0 aliphatic carbocycles. The molecule has 1 amide bonds. The van der Waals surface area contributed by atoms with Crippen LogP contribution in [0.2, 0.25) is 0 Å². The smallest absolute Gasteiger partial charge is 0.261 e. The number of rotatable bonds is 5. The Morgan fingerprint density at radius 2 is 1.93 bits per heavy atom. The second kappa shape index (κ2) is 7.65. The van der Waals surface area contributed by atoms with Crippen molar-refractivity contribution in [3.05, 3.63) is 90.4 Å². The van der Waals surface area contributed by atoms with Crippen LogP contribution in [0.15, 0.2) is 83.5 Å². The minimum absolute atomic E-state index is 0.116. The van der Waals surface area contributed by atoms with Crippen molar-refractivity contribution in [2.75, 3.05) is 12.0 Å². The Hall–Kier alpha value is -3.64. The Kier molecular flexibility index (Phi) is 4.69. The lowest BCUT2D eigenvalue weighted by atomic mass is 10.0. The summed E-state index contributed by atoms with van der Waals surface area (Å²) >= 11 is 1.47. The monoisotopic (exact) mass is 414 g/mol. The lowest BCUT2D eigenvalue weighted by Crippen LogP contribution is -2.30. The van der Waals surface area contributed by atoms with E-state index in [2.05, 4.69) is 0 Å². The summed E-state index contributed by atoms with van der Waals surface area (Å²) in [5.41, 5.74) is 1.43. The van der Waals surface area contributed by atoms with Gasteiger partial charge in [0.05, 0.1) is 30.1 Å². The molecule has 5 rings (SSSR count). The molecule has 30 heavy (non-hydrogen) atoms. The number of hydrogen-bond donors (Lipinski definition) is 0. The van der Waals surface area contributed by atoms with Gasteiger partial charge in [-0.25, -0.2) is 4.98 Å². The van der Waals surface area contributed by atoms with Crippen LogP contribution in [0.5, 0.6) is 5.75 Å². The maximum absolute atomic E-state index is 13.7. The number of furan rings is 1. The maximum atomic E-state index is 13.7. The van der Waals surface area contributed by atoms with E-state index in [1.165, 1.54) is 11.3 Å². The second-order valence-electron chi connectivity index (χ2n) is 6.83. The lowest BCUT2D eigenvalue weighted by molar-refractivity contribution is 0.0985. The molecule has 0 aliphatic rings. The molecule has 0 spiro atoms. The predicted molar refractivity (Wildman–Crippen MR) is 119 cm³/mol. The first kappa shape index (κ1) is 18.4. The number of thiazole rings is 1. The van der Waals surface area contributed by atoms with Crippen LogP contribution in [0, 0.1) is 0 Å². The summed E-state index contributed by atoms with van der Waals surface area (Å²) in [7, 11) is 1.63. The first-order chi connectivity index (χ1) is 14.7. The number of carbonyl (C=O) groups excluding carboxylic acids is 1. The average Bonchev–Trinajstić information content (AvgIpc) is 3.45. The van der Waals surface area contributed by atoms with E-state index in [0.29, 0.717) is 23.0 Å². The third kappa shape index (κ3) is 3.31. The third-order valence-electron chi connectivity index (χ3n) is 4.97. The van der Waals surface area contributed by atoms with Crippen molar-refractivity contribution in [2.45, 2.75) is 6.54 Å². The molecule has 0 N–H and O–H groups in total. The average molecular weight is 414 g/mol. The lowest BCUT2D eigenvalue weighted by Gasteiger charge is -2.19. The minimum Gasteiger partial charge on any atom is -0.497 e. The van der Waals surface area contributed by atoms with Gasteiger partial charge in [-0.3, -0.25) is 9.69 Å². The second-order valence-corrected chi connectivity index (χ2v) is 7.84. The van der Waals surface area contributed by atoms with Crippen molar-refractivity contribution in [1.82, 2.24) is 4.98 Å². The SMILES string of the molecule is COc1ccc2sc(N(Cc3ccco3)C(=O)c3cccc4ccccc34)nc2c1. The summed E-state index contributed by atoms with van der Waals surface area (Å²) in [5, 5.41) is 2.56. The number of carbonyl (C=O) groups is 1. The van der Waals surface area contributed by atoms with Crippen LogP contribution in [0.4, 0.5) is 5.13 Å². The molecule has 0 saturated carbocycles. The van der Waals surface area contributed by atoms with Crippen LogP contribution >= 0.6 is 11.3 Å². The zero-order valence-electron chi connectivity index (χ0n) is 16.2. The Labute approximate surface area is 177 Å². The molecule has 2 aromatic heterocycles. The minimum atomic E-state index is -0.116. The number of methoxy groups -OCH3 is 1. The molecule has 6 heteroatoms. The molecule has 148 valence electrons. The number of nitrogens with zero attached hydrogens (tertiary/aromatic N) is 2. The van der Waals surface area contributed by atoms with Crippen molar-refractivity contribution in [3.63, 3.8) is 0 Å². The molecule has 2 heterocycles. The summed E-state index contributed by atoms with van der Waals surface area (Å²) < 4.78 is 11.8. The summed E-state index contributed by atoms with van der Waals surface area (Å²) in [6.07, 6.45) is 1.61. The van der Waals surface area contributed by atoms with Gasteiger partial charge < -0.3 is 9.15 Å². The molecule has 0 radical (unpaired) electrons.